The molecular weight excluding hydrogens is 424 g/mol. The maximum atomic E-state index is 13.1. The van der Waals surface area contributed by atoms with Gasteiger partial charge in [0.1, 0.15) is 5.69 Å². The monoisotopic (exact) mass is 442 g/mol. The maximum Gasteiger partial charge on any atom is 0.295 e. The van der Waals surface area contributed by atoms with E-state index in [0.717, 1.165) is 16.1 Å². The number of Topliss-reactive ketones (excluding diaryl/α,β-unsaturated/α-hetero) is 1. The van der Waals surface area contributed by atoms with Crippen LogP contribution in [0.25, 0.3) is 21.5 Å². The molecule has 5 heterocycles. The summed E-state index contributed by atoms with van der Waals surface area (Å²) in [6.45, 7) is 1.04. The van der Waals surface area contributed by atoms with E-state index in [1.807, 2.05) is 35.7 Å². The van der Waals surface area contributed by atoms with Crippen molar-refractivity contribution >= 4 is 39.8 Å². The van der Waals surface area contributed by atoms with Gasteiger partial charge in [0.15, 0.2) is 0 Å². The van der Waals surface area contributed by atoms with E-state index in [1.165, 1.54) is 0 Å². The number of fused-ring (bicyclic) bond motifs is 5. The van der Waals surface area contributed by atoms with Crippen molar-refractivity contribution < 1.29 is 14.4 Å². The Morgan fingerprint density at radius 2 is 1.91 bits per heavy atom. The first-order valence-corrected chi connectivity index (χ1v) is 11.3. The van der Waals surface area contributed by atoms with Gasteiger partial charge in [-0.25, -0.2) is 0 Å². The normalized spacial score (nSPS) is 18.1. The summed E-state index contributed by atoms with van der Waals surface area (Å²) in [5, 5.41) is 2.67. The fourth-order valence-electron chi connectivity index (χ4n) is 4.69. The smallest absolute Gasteiger partial charge is 0.295 e. The van der Waals surface area contributed by atoms with E-state index in [-0.39, 0.29) is 5.91 Å². The number of rotatable bonds is 2. The van der Waals surface area contributed by atoms with Crippen LogP contribution in [0, 0.1) is 0 Å². The van der Waals surface area contributed by atoms with Gasteiger partial charge in [-0.15, -0.1) is 11.3 Å². The number of hydrogen-bond acceptors (Lipinski definition) is 5. The van der Waals surface area contributed by atoms with E-state index in [0.29, 0.717) is 41.8 Å². The van der Waals surface area contributed by atoms with Gasteiger partial charge in [-0.3, -0.25) is 19.4 Å². The van der Waals surface area contributed by atoms with Crippen LogP contribution in [0.15, 0.2) is 60.1 Å². The molecule has 2 amide bonds. The van der Waals surface area contributed by atoms with E-state index >= 15 is 0 Å². The van der Waals surface area contributed by atoms with Crippen LogP contribution in [-0.2, 0) is 4.79 Å². The zero-order valence-electron chi connectivity index (χ0n) is 16.9. The molecule has 0 radical (unpaired) electrons. The summed E-state index contributed by atoms with van der Waals surface area (Å²) in [4.78, 5) is 51.4. The first-order chi connectivity index (χ1) is 15.6. The summed E-state index contributed by atoms with van der Waals surface area (Å²) in [6, 6.07) is 14.4. The molecule has 0 unspecified atom stereocenters. The number of piperazine rings is 1. The highest BCUT2D eigenvalue weighted by molar-refractivity contribution is 7.13. The second-order valence-corrected chi connectivity index (χ2v) is 8.88. The van der Waals surface area contributed by atoms with Crippen LogP contribution in [0.4, 0.5) is 0 Å². The highest BCUT2D eigenvalue weighted by Gasteiger charge is 2.44. The van der Waals surface area contributed by atoms with Crippen molar-refractivity contribution in [1.29, 1.82) is 0 Å². The summed E-state index contributed by atoms with van der Waals surface area (Å²) in [5.74, 6) is -1.09. The maximum absolute atomic E-state index is 13.1. The summed E-state index contributed by atoms with van der Waals surface area (Å²) >= 11 is 1.57. The third-order valence-corrected chi connectivity index (χ3v) is 7.08. The number of benzene rings is 1. The minimum atomic E-state index is -0.510. The van der Waals surface area contributed by atoms with Crippen LogP contribution in [0.2, 0.25) is 0 Å². The van der Waals surface area contributed by atoms with Gasteiger partial charge in [0.25, 0.3) is 17.6 Å². The number of ketones is 1. The van der Waals surface area contributed by atoms with Crippen molar-refractivity contribution in [3.63, 3.8) is 0 Å². The third kappa shape index (κ3) is 2.73. The minimum Gasteiger partial charge on any atom is -0.354 e. The Morgan fingerprint density at radius 3 is 2.69 bits per heavy atom. The average molecular weight is 443 g/mol. The second kappa shape index (κ2) is 7.13. The number of amides is 2. The Hall–Kier alpha value is -3.78. The van der Waals surface area contributed by atoms with Crippen LogP contribution in [0.3, 0.4) is 0 Å². The SMILES string of the molecule is O=C1C(=O)N2CCN(C(=O)c3ccccc3)C[C@H]2c2[nH]c3c(-c4cccs4)nccc3c21. The summed E-state index contributed by atoms with van der Waals surface area (Å²) in [5.41, 5.74) is 3.20. The summed E-state index contributed by atoms with van der Waals surface area (Å²) in [6.07, 6.45) is 1.67. The van der Waals surface area contributed by atoms with E-state index in [1.54, 1.807) is 45.5 Å². The van der Waals surface area contributed by atoms with Crippen molar-refractivity contribution in [2.45, 2.75) is 6.04 Å². The van der Waals surface area contributed by atoms with Crippen molar-refractivity contribution in [1.82, 2.24) is 19.8 Å². The lowest BCUT2D eigenvalue weighted by molar-refractivity contribution is -0.131. The van der Waals surface area contributed by atoms with Gasteiger partial charge in [-0.05, 0) is 29.6 Å². The molecule has 0 aliphatic carbocycles. The molecule has 0 saturated carbocycles. The van der Waals surface area contributed by atoms with Crippen LogP contribution in [0.5, 0.6) is 0 Å². The Morgan fingerprint density at radius 1 is 1.06 bits per heavy atom. The van der Waals surface area contributed by atoms with Crippen molar-refractivity contribution in [2.75, 3.05) is 19.6 Å². The van der Waals surface area contributed by atoms with Crippen molar-refractivity contribution in [3.8, 4) is 10.6 Å². The van der Waals surface area contributed by atoms with Crippen LogP contribution >= 0.6 is 11.3 Å². The average Bonchev–Trinajstić information content (AvgIpc) is 3.50. The molecule has 0 spiro atoms. The largest absolute Gasteiger partial charge is 0.354 e. The van der Waals surface area contributed by atoms with Crippen LogP contribution in [0.1, 0.15) is 32.5 Å². The fourth-order valence-corrected chi connectivity index (χ4v) is 5.42. The molecule has 1 aromatic carbocycles. The molecular formula is C24H18N4O3S. The molecule has 8 heteroatoms. The first kappa shape index (κ1) is 18.9. The van der Waals surface area contributed by atoms with Gasteiger partial charge in [-0.2, -0.15) is 0 Å². The van der Waals surface area contributed by atoms with Gasteiger partial charge >= 0.3 is 0 Å². The van der Waals surface area contributed by atoms with Gasteiger partial charge in [0, 0.05) is 36.8 Å². The number of nitrogens with one attached hydrogen (secondary N) is 1. The lowest BCUT2D eigenvalue weighted by atomic mass is 9.93. The quantitative estimate of drug-likeness (QED) is 0.482. The van der Waals surface area contributed by atoms with Gasteiger partial charge < -0.3 is 14.8 Å². The molecule has 2 aliphatic rings. The lowest BCUT2D eigenvalue weighted by Gasteiger charge is -2.43. The zero-order chi connectivity index (χ0) is 21.8. The molecule has 1 N–H and O–H groups in total. The number of aromatic nitrogens is 2. The van der Waals surface area contributed by atoms with E-state index in [4.69, 9.17) is 0 Å². The number of carbonyl (C=O) groups is 3. The molecule has 6 rings (SSSR count). The Bertz CT molecular complexity index is 1380. The number of hydrogen-bond donors (Lipinski definition) is 1. The molecule has 32 heavy (non-hydrogen) atoms. The molecule has 1 atom stereocenters. The third-order valence-electron chi connectivity index (χ3n) is 6.21. The lowest BCUT2D eigenvalue weighted by Crippen LogP contribution is -2.56. The molecule has 0 bridgehead atoms. The van der Waals surface area contributed by atoms with Crippen molar-refractivity contribution in [2.24, 2.45) is 0 Å². The van der Waals surface area contributed by atoms with E-state index in [9.17, 15) is 14.4 Å². The van der Waals surface area contributed by atoms with Crippen molar-refractivity contribution in [3.05, 3.63) is 76.9 Å². The van der Waals surface area contributed by atoms with E-state index in [2.05, 4.69) is 9.97 Å². The predicted molar refractivity (Wildman–Crippen MR) is 121 cm³/mol. The van der Waals surface area contributed by atoms with Gasteiger partial charge in [0.2, 0.25) is 0 Å². The Balaban J connectivity index is 1.46. The fraction of sp³-hybridized carbons (Fsp3) is 0.167. The molecule has 3 aromatic heterocycles. The predicted octanol–water partition coefficient (Wildman–Crippen LogP) is 3.51. The Kier molecular flexibility index (Phi) is 4.22. The molecule has 2 aliphatic heterocycles. The molecule has 158 valence electrons. The second-order valence-electron chi connectivity index (χ2n) is 7.93. The highest BCUT2D eigenvalue weighted by atomic mass is 32.1. The standard InChI is InChI=1S/C24H18N4O3S/c29-22-18-15-8-9-25-21(17-7-4-12-32-17)19(15)26-20(18)16-13-27(10-11-28(16)24(22)31)23(30)14-5-2-1-3-6-14/h1-9,12,16,26H,10-11,13H2/t16-/m0/s1. The summed E-state index contributed by atoms with van der Waals surface area (Å²) in [7, 11) is 0. The summed E-state index contributed by atoms with van der Waals surface area (Å²) < 4.78 is 0. The first-order valence-electron chi connectivity index (χ1n) is 10.4. The number of pyridine rings is 1. The van der Waals surface area contributed by atoms with Crippen LogP contribution < -0.4 is 0 Å². The number of carbonyl (C=O) groups excluding carboxylic acids is 3. The Labute approximate surface area is 187 Å². The van der Waals surface area contributed by atoms with E-state index < -0.39 is 17.7 Å². The van der Waals surface area contributed by atoms with Crippen LogP contribution in [-0.4, -0.2) is 57.0 Å². The number of nitrogens with zero attached hydrogens (tertiary/aromatic N) is 3. The molecule has 1 saturated heterocycles. The highest BCUT2D eigenvalue weighted by Crippen LogP contribution is 2.40. The molecule has 1 fully saturated rings. The molecule has 4 aromatic rings. The topological polar surface area (TPSA) is 86.4 Å². The number of thiophene rings is 1. The van der Waals surface area contributed by atoms with Gasteiger partial charge in [-0.1, -0.05) is 24.3 Å². The van der Waals surface area contributed by atoms with Gasteiger partial charge in [0.05, 0.1) is 27.7 Å². The zero-order valence-corrected chi connectivity index (χ0v) is 17.8. The number of aromatic amines is 1. The molecule has 7 nitrogen and oxygen atoms in total. The minimum absolute atomic E-state index is 0.0757. The number of H-pyrrole nitrogens is 1.